The molecule has 1 fully saturated rings. The van der Waals surface area contributed by atoms with Crippen LogP contribution in [0, 0.1) is 0 Å². The third kappa shape index (κ3) is 2.22. The van der Waals surface area contributed by atoms with E-state index in [1.807, 2.05) is 0 Å². The summed E-state index contributed by atoms with van der Waals surface area (Å²) in [6, 6.07) is 0. The van der Waals surface area contributed by atoms with Gasteiger partial charge in [-0.25, -0.2) is 4.79 Å². The Hall–Kier alpha value is -1.06. The summed E-state index contributed by atoms with van der Waals surface area (Å²) in [5, 5.41) is 0. The molecule has 0 aromatic rings. The number of amides is 1. The van der Waals surface area contributed by atoms with E-state index in [1.54, 1.807) is 4.90 Å². The Balaban J connectivity index is 2.34. The fourth-order valence-corrected chi connectivity index (χ4v) is 1.13. The fraction of sp³-hybridized carbons (Fsp3) is 0.750. The largest absolute Gasteiger partial charge is 0.439 e. The van der Waals surface area contributed by atoms with E-state index in [0.29, 0.717) is 19.4 Å². The minimum absolute atomic E-state index is 0.205. The number of ether oxygens (including phenoxy) is 1. The Kier molecular flexibility index (Phi) is 2.58. The Bertz CT molecular complexity index is 192. The van der Waals surface area contributed by atoms with Crippen LogP contribution in [0.4, 0.5) is 4.79 Å². The molecule has 1 unspecified atom stereocenters. The first-order chi connectivity index (χ1) is 6.27. The molecule has 1 heterocycles. The molecule has 1 aliphatic heterocycles. The van der Waals surface area contributed by atoms with Gasteiger partial charge in [-0.05, 0) is 19.7 Å². The maximum atomic E-state index is 11.2. The minimum atomic E-state index is -0.909. The summed E-state index contributed by atoms with van der Waals surface area (Å²) >= 11 is 0. The van der Waals surface area contributed by atoms with Crippen LogP contribution >= 0.6 is 0 Å². The number of rotatable bonds is 2. The van der Waals surface area contributed by atoms with Gasteiger partial charge < -0.3 is 9.64 Å². The van der Waals surface area contributed by atoms with Gasteiger partial charge >= 0.3 is 6.09 Å². The first-order valence-electron chi connectivity index (χ1n) is 4.68. The van der Waals surface area contributed by atoms with Crippen molar-refractivity contribution < 1.29 is 15.7 Å². The molecule has 12 heavy (non-hydrogen) atoms. The number of hydrogen-bond donors (Lipinski definition) is 0. The topological polar surface area (TPSA) is 46.6 Å². The van der Waals surface area contributed by atoms with E-state index in [4.69, 9.17) is 6.11 Å². The molecule has 4 heteroatoms. The van der Waals surface area contributed by atoms with E-state index in [9.17, 15) is 9.59 Å². The van der Waals surface area contributed by atoms with Crippen LogP contribution < -0.4 is 0 Å². The zero-order chi connectivity index (χ0) is 9.68. The molecule has 4 nitrogen and oxygen atoms in total. The number of hydrogen-bond acceptors (Lipinski definition) is 3. The molecule has 1 rings (SSSR count). The molecule has 0 aromatic carbocycles. The van der Waals surface area contributed by atoms with Crippen molar-refractivity contribution >= 4 is 12.4 Å². The Morgan fingerprint density at radius 1 is 1.67 bits per heavy atom. The Morgan fingerprint density at radius 3 is 2.83 bits per heavy atom. The molecule has 1 saturated heterocycles. The molecule has 0 aromatic heterocycles. The summed E-state index contributed by atoms with van der Waals surface area (Å²) in [6.07, 6.45) is 1.08. The Morgan fingerprint density at radius 2 is 2.33 bits per heavy atom. The normalized spacial score (nSPS) is 20.0. The van der Waals surface area contributed by atoms with E-state index < -0.39 is 12.2 Å². The minimum Gasteiger partial charge on any atom is -0.439 e. The summed E-state index contributed by atoms with van der Waals surface area (Å²) in [5.74, 6) is 0. The van der Waals surface area contributed by atoms with E-state index >= 15 is 0 Å². The van der Waals surface area contributed by atoms with Crippen LogP contribution in [0.25, 0.3) is 0 Å². The summed E-state index contributed by atoms with van der Waals surface area (Å²) in [6.45, 7) is 1.19. The SMILES string of the molecule is [2H]CC(C=O)OC(=O)N1CCCC1. The van der Waals surface area contributed by atoms with Gasteiger partial charge in [-0.2, -0.15) is 0 Å². The monoisotopic (exact) mass is 172 g/mol. The van der Waals surface area contributed by atoms with Crippen LogP contribution in [0.5, 0.6) is 0 Å². The molecule has 0 bridgehead atoms. The zero-order valence-corrected chi connectivity index (χ0v) is 6.86. The van der Waals surface area contributed by atoms with Crippen molar-refractivity contribution in [3.05, 3.63) is 0 Å². The molecule has 0 spiro atoms. The number of aldehydes is 1. The lowest BCUT2D eigenvalue weighted by Gasteiger charge is -2.16. The highest BCUT2D eigenvalue weighted by Gasteiger charge is 2.20. The lowest BCUT2D eigenvalue weighted by atomic mass is 10.4. The van der Waals surface area contributed by atoms with Gasteiger partial charge in [-0.3, -0.25) is 4.79 Å². The van der Waals surface area contributed by atoms with Crippen LogP contribution in [0.15, 0.2) is 0 Å². The van der Waals surface area contributed by atoms with Crippen molar-refractivity contribution in [1.29, 1.82) is 0 Å². The summed E-state index contributed by atoms with van der Waals surface area (Å²) in [7, 11) is 0. The number of likely N-dealkylation sites (tertiary alicyclic amines) is 1. The molecular formula is C8H13NO3. The van der Waals surface area contributed by atoms with Crippen LogP contribution in [0.2, 0.25) is 0 Å². The number of carbonyl (C=O) groups is 2. The molecular weight excluding hydrogens is 158 g/mol. The highest BCUT2D eigenvalue weighted by Crippen LogP contribution is 2.09. The molecule has 1 amide bonds. The number of carbonyl (C=O) groups excluding carboxylic acids is 2. The van der Waals surface area contributed by atoms with Gasteiger partial charge in [0.2, 0.25) is 0 Å². The molecule has 0 saturated carbocycles. The van der Waals surface area contributed by atoms with Gasteiger partial charge in [0.15, 0.2) is 12.4 Å². The highest BCUT2D eigenvalue weighted by molar-refractivity contribution is 5.71. The zero-order valence-electron chi connectivity index (χ0n) is 7.86. The first kappa shape index (κ1) is 7.58. The van der Waals surface area contributed by atoms with Crippen LogP contribution in [-0.4, -0.2) is 36.5 Å². The van der Waals surface area contributed by atoms with Crippen molar-refractivity contribution in [1.82, 2.24) is 4.90 Å². The van der Waals surface area contributed by atoms with Crippen molar-refractivity contribution in [3.63, 3.8) is 0 Å². The van der Waals surface area contributed by atoms with E-state index in [1.165, 1.54) is 0 Å². The first-order valence-corrected chi connectivity index (χ1v) is 3.98. The van der Waals surface area contributed by atoms with Gasteiger partial charge in [-0.1, -0.05) is 0 Å². The molecule has 1 atom stereocenters. The van der Waals surface area contributed by atoms with Crippen molar-refractivity contribution in [3.8, 4) is 0 Å². The third-order valence-corrected chi connectivity index (χ3v) is 1.77. The molecule has 1 aliphatic rings. The maximum Gasteiger partial charge on any atom is 0.410 e. The van der Waals surface area contributed by atoms with Crippen molar-refractivity contribution in [2.24, 2.45) is 0 Å². The maximum absolute atomic E-state index is 11.2. The van der Waals surface area contributed by atoms with Crippen LogP contribution in [-0.2, 0) is 9.53 Å². The number of nitrogens with zero attached hydrogens (tertiary/aromatic N) is 1. The second-order valence-corrected chi connectivity index (χ2v) is 2.75. The summed E-state index contributed by atoms with van der Waals surface area (Å²) in [4.78, 5) is 23.1. The molecule has 0 radical (unpaired) electrons. The highest BCUT2D eigenvalue weighted by atomic mass is 16.6. The Labute approximate surface area is 72.9 Å². The van der Waals surface area contributed by atoms with Gasteiger partial charge in [0.05, 0.1) is 0 Å². The molecule has 0 N–H and O–H groups in total. The average Bonchev–Trinajstić information content (AvgIpc) is 2.66. The second kappa shape index (κ2) is 4.09. The van der Waals surface area contributed by atoms with E-state index in [2.05, 4.69) is 0 Å². The average molecular weight is 172 g/mol. The molecule has 0 aliphatic carbocycles. The van der Waals surface area contributed by atoms with Crippen LogP contribution in [0.1, 0.15) is 21.1 Å². The lowest BCUT2D eigenvalue weighted by molar-refractivity contribution is -0.114. The second-order valence-electron chi connectivity index (χ2n) is 2.75. The van der Waals surface area contributed by atoms with Crippen molar-refractivity contribution in [2.75, 3.05) is 13.1 Å². The van der Waals surface area contributed by atoms with E-state index in [0.717, 1.165) is 12.8 Å². The van der Waals surface area contributed by atoms with E-state index in [-0.39, 0.29) is 6.90 Å². The van der Waals surface area contributed by atoms with Gasteiger partial charge in [-0.15, -0.1) is 0 Å². The fourth-order valence-electron chi connectivity index (χ4n) is 1.13. The van der Waals surface area contributed by atoms with Gasteiger partial charge in [0, 0.05) is 14.5 Å². The van der Waals surface area contributed by atoms with Gasteiger partial charge in [0.25, 0.3) is 0 Å². The molecule has 68 valence electrons. The van der Waals surface area contributed by atoms with Crippen LogP contribution in [0.3, 0.4) is 0 Å². The third-order valence-electron chi connectivity index (χ3n) is 1.77. The summed E-state index contributed by atoms with van der Waals surface area (Å²) < 4.78 is 11.7. The van der Waals surface area contributed by atoms with Crippen molar-refractivity contribution in [2.45, 2.75) is 25.8 Å². The summed E-state index contributed by atoms with van der Waals surface area (Å²) in [5.41, 5.74) is 0. The lowest BCUT2D eigenvalue weighted by Crippen LogP contribution is -2.31. The van der Waals surface area contributed by atoms with Gasteiger partial charge in [0.1, 0.15) is 0 Å². The predicted octanol–water partition coefficient (Wildman–Crippen LogP) is 0.806. The quantitative estimate of drug-likeness (QED) is 0.579. The standard InChI is InChI=1S/C8H13NO3/c1-7(6-10)12-8(11)9-4-2-3-5-9/h6-7H,2-5H2,1H3/i1D. The smallest absolute Gasteiger partial charge is 0.410 e. The predicted molar refractivity (Wildman–Crippen MR) is 42.8 cm³/mol.